The van der Waals surface area contributed by atoms with Gasteiger partial charge >= 0.3 is 0 Å². The molecule has 1 rings (SSSR count). The molecular formula is C8H17N2S-. The first-order valence-electron chi connectivity index (χ1n) is 4.33. The largest absolute Gasteiger partial charge is 0.702 e. The van der Waals surface area contributed by atoms with Gasteiger partial charge < -0.3 is 22.4 Å². The first kappa shape index (κ1) is 9.36. The van der Waals surface area contributed by atoms with Crippen molar-refractivity contribution in [3.63, 3.8) is 0 Å². The molecule has 0 radical (unpaired) electrons. The summed E-state index contributed by atoms with van der Waals surface area (Å²) in [4.78, 5) is 0. The van der Waals surface area contributed by atoms with Gasteiger partial charge in [0, 0.05) is 12.1 Å². The fourth-order valence-corrected chi connectivity index (χ4v) is 2.14. The van der Waals surface area contributed by atoms with E-state index in [-0.39, 0.29) is 0 Å². The molecule has 0 amide bonds. The maximum Gasteiger partial charge on any atom is 0.0203 e. The van der Waals surface area contributed by atoms with Crippen molar-refractivity contribution in [3.8, 4) is 0 Å². The van der Waals surface area contributed by atoms with E-state index in [2.05, 4.69) is 5.32 Å². The van der Waals surface area contributed by atoms with Crippen LogP contribution >= 0.6 is 0 Å². The van der Waals surface area contributed by atoms with Gasteiger partial charge in [0.15, 0.2) is 0 Å². The van der Waals surface area contributed by atoms with E-state index in [9.17, 15) is 0 Å². The Morgan fingerprint density at radius 3 is 2.45 bits per heavy atom. The lowest BCUT2D eigenvalue weighted by Gasteiger charge is -2.42. The molecule has 1 fully saturated rings. The van der Waals surface area contributed by atoms with Gasteiger partial charge in [0.2, 0.25) is 0 Å². The van der Waals surface area contributed by atoms with Crippen molar-refractivity contribution in [2.24, 2.45) is 0 Å². The van der Waals surface area contributed by atoms with E-state index in [0.717, 1.165) is 0 Å². The third-order valence-corrected chi connectivity index (χ3v) is 2.84. The Morgan fingerprint density at radius 1 is 1.36 bits per heavy atom. The molecule has 2 atom stereocenters. The molecule has 0 aliphatic heterocycles. The Hall–Kier alpha value is 0.270. The van der Waals surface area contributed by atoms with Crippen molar-refractivity contribution < 1.29 is 0 Å². The fourth-order valence-electron chi connectivity index (χ4n) is 1.88. The third kappa shape index (κ3) is 2.36. The Kier molecular flexibility index (Phi) is 3.69. The van der Waals surface area contributed by atoms with Crippen LogP contribution in [0.15, 0.2) is 0 Å². The second-order valence-corrected chi connectivity index (χ2v) is 3.87. The van der Waals surface area contributed by atoms with Crippen molar-refractivity contribution in [3.05, 3.63) is 0 Å². The van der Waals surface area contributed by atoms with E-state index in [1.165, 1.54) is 25.7 Å². The Balaban J connectivity index is 2.44. The highest BCUT2D eigenvalue weighted by molar-refractivity contribution is 7.55. The summed E-state index contributed by atoms with van der Waals surface area (Å²) in [6.45, 7) is 0. The summed E-state index contributed by atoms with van der Waals surface area (Å²) in [5.41, 5.74) is 0. The average molecular weight is 173 g/mol. The summed E-state index contributed by atoms with van der Waals surface area (Å²) in [6.07, 6.45) is 5.22. The number of hydrogen-bond donors (Lipinski definition) is 1. The SMILES string of the molecule is CNC1CCCCC1N(C)[S-]. The minimum absolute atomic E-state index is 0.573. The highest BCUT2D eigenvalue weighted by atomic mass is 32.1. The minimum Gasteiger partial charge on any atom is -0.702 e. The predicted octanol–water partition coefficient (Wildman–Crippen LogP) is 0.911. The average Bonchev–Trinajstić information content (AvgIpc) is 2.04. The van der Waals surface area contributed by atoms with Crippen LogP contribution in [0.2, 0.25) is 0 Å². The lowest BCUT2D eigenvalue weighted by atomic mass is 9.90. The zero-order chi connectivity index (χ0) is 8.27. The molecule has 66 valence electrons. The molecule has 0 aromatic rings. The van der Waals surface area contributed by atoms with Crippen molar-refractivity contribution in [1.29, 1.82) is 0 Å². The molecule has 2 nitrogen and oxygen atoms in total. The van der Waals surface area contributed by atoms with Gasteiger partial charge in [-0.1, -0.05) is 12.8 Å². The van der Waals surface area contributed by atoms with E-state index < -0.39 is 0 Å². The number of nitrogens with one attached hydrogen (secondary N) is 1. The highest BCUT2D eigenvalue weighted by Gasteiger charge is 2.21. The molecule has 2 unspecified atom stereocenters. The van der Waals surface area contributed by atoms with Crippen LogP contribution < -0.4 is 5.32 Å². The van der Waals surface area contributed by atoms with Gasteiger partial charge in [-0.15, -0.1) is 0 Å². The highest BCUT2D eigenvalue weighted by Crippen LogP contribution is 2.21. The summed E-state index contributed by atoms with van der Waals surface area (Å²) in [7, 11) is 4.03. The Bertz CT molecular complexity index is 117. The predicted molar refractivity (Wildman–Crippen MR) is 50.2 cm³/mol. The maximum absolute atomic E-state index is 5.14. The summed E-state index contributed by atoms with van der Waals surface area (Å²) in [5, 5.41) is 3.33. The summed E-state index contributed by atoms with van der Waals surface area (Å²) < 4.78 is 1.93. The molecule has 0 spiro atoms. The van der Waals surface area contributed by atoms with E-state index >= 15 is 0 Å². The van der Waals surface area contributed by atoms with Gasteiger partial charge in [-0.25, -0.2) is 0 Å². The van der Waals surface area contributed by atoms with Crippen molar-refractivity contribution in [2.75, 3.05) is 14.1 Å². The molecule has 3 heteroatoms. The van der Waals surface area contributed by atoms with Crippen molar-refractivity contribution >= 4 is 12.8 Å². The van der Waals surface area contributed by atoms with Crippen LogP contribution in [0.3, 0.4) is 0 Å². The molecule has 0 aromatic carbocycles. The van der Waals surface area contributed by atoms with Crippen LogP contribution in [0.25, 0.3) is 0 Å². The first-order chi connectivity index (χ1) is 5.25. The normalized spacial score (nSPS) is 32.7. The Labute approximate surface area is 74.9 Å². The monoisotopic (exact) mass is 173 g/mol. The number of hydrogen-bond acceptors (Lipinski definition) is 3. The number of rotatable bonds is 2. The van der Waals surface area contributed by atoms with E-state index in [0.29, 0.717) is 12.1 Å². The van der Waals surface area contributed by atoms with Gasteiger partial charge in [0.05, 0.1) is 0 Å². The van der Waals surface area contributed by atoms with Crippen molar-refractivity contribution in [1.82, 2.24) is 9.62 Å². The van der Waals surface area contributed by atoms with Crippen LogP contribution in [0, 0.1) is 0 Å². The number of nitrogens with zero attached hydrogens (tertiary/aromatic N) is 1. The lowest BCUT2D eigenvalue weighted by molar-refractivity contribution is 0.243. The summed E-state index contributed by atoms with van der Waals surface area (Å²) in [6, 6.07) is 1.19. The van der Waals surface area contributed by atoms with Gasteiger partial charge in [-0.2, -0.15) is 0 Å². The van der Waals surface area contributed by atoms with Crippen molar-refractivity contribution in [2.45, 2.75) is 37.8 Å². The zero-order valence-electron chi connectivity index (χ0n) is 7.34. The van der Waals surface area contributed by atoms with E-state index in [1.54, 1.807) is 0 Å². The van der Waals surface area contributed by atoms with E-state index in [1.807, 2.05) is 18.4 Å². The molecular weight excluding hydrogens is 156 g/mol. The summed E-state index contributed by atoms with van der Waals surface area (Å²) >= 11 is 5.14. The second kappa shape index (κ2) is 4.33. The van der Waals surface area contributed by atoms with Crippen LogP contribution in [0.5, 0.6) is 0 Å². The molecule has 1 aliphatic rings. The van der Waals surface area contributed by atoms with Gasteiger partial charge in [0.1, 0.15) is 0 Å². The van der Waals surface area contributed by atoms with Gasteiger partial charge in [-0.05, 0) is 26.9 Å². The van der Waals surface area contributed by atoms with E-state index in [4.69, 9.17) is 12.8 Å². The molecule has 11 heavy (non-hydrogen) atoms. The summed E-state index contributed by atoms with van der Waals surface area (Å²) in [5.74, 6) is 0. The van der Waals surface area contributed by atoms with Crippen LogP contribution in [0.1, 0.15) is 25.7 Å². The van der Waals surface area contributed by atoms with Crippen LogP contribution in [-0.2, 0) is 12.8 Å². The Morgan fingerprint density at radius 2 is 2.00 bits per heavy atom. The molecule has 0 heterocycles. The molecule has 0 aromatic heterocycles. The first-order valence-corrected chi connectivity index (χ1v) is 4.69. The van der Waals surface area contributed by atoms with Gasteiger partial charge in [0.25, 0.3) is 0 Å². The third-order valence-electron chi connectivity index (χ3n) is 2.57. The molecule has 0 saturated heterocycles. The second-order valence-electron chi connectivity index (χ2n) is 3.29. The van der Waals surface area contributed by atoms with Crippen LogP contribution in [0.4, 0.5) is 0 Å². The number of likely N-dealkylation sites (N-methyl/N-ethyl adjacent to an activating group) is 2. The molecule has 0 bridgehead atoms. The minimum atomic E-state index is 0.573. The molecule has 1 aliphatic carbocycles. The standard InChI is InChI=1S/C8H17N2S/c1-9-7-5-3-4-6-8(7)10(2)11/h7-9H,3-6H2,1-2H3/q-1. The molecule has 1 saturated carbocycles. The topological polar surface area (TPSA) is 15.3 Å². The lowest BCUT2D eigenvalue weighted by Crippen LogP contribution is -2.47. The van der Waals surface area contributed by atoms with Gasteiger partial charge in [-0.3, -0.25) is 0 Å². The smallest absolute Gasteiger partial charge is 0.0203 e. The van der Waals surface area contributed by atoms with Crippen LogP contribution in [-0.4, -0.2) is 30.5 Å². The maximum atomic E-state index is 5.14. The fraction of sp³-hybridized carbons (Fsp3) is 1.00. The quantitative estimate of drug-likeness (QED) is 0.625. The zero-order valence-corrected chi connectivity index (χ0v) is 8.16. The molecule has 1 N–H and O–H groups in total.